The van der Waals surface area contributed by atoms with E-state index in [1.807, 2.05) is 36.4 Å². The van der Waals surface area contributed by atoms with Crippen molar-refractivity contribution in [2.75, 3.05) is 11.1 Å². The van der Waals surface area contributed by atoms with E-state index in [1.54, 1.807) is 12.1 Å². The molecule has 0 aliphatic rings. The van der Waals surface area contributed by atoms with Crippen LogP contribution in [0.15, 0.2) is 59.2 Å². The third-order valence-corrected chi connectivity index (χ3v) is 3.52. The predicted octanol–water partition coefficient (Wildman–Crippen LogP) is 3.74. The number of hydrogen-bond acceptors (Lipinski definition) is 4. The van der Waals surface area contributed by atoms with Crippen LogP contribution < -0.4 is 11.1 Å². The van der Waals surface area contributed by atoms with Crippen molar-refractivity contribution in [2.45, 2.75) is 13.3 Å². The molecule has 0 aliphatic heterocycles. The number of nitrogens with two attached hydrogens (primary N) is 1. The summed E-state index contributed by atoms with van der Waals surface area (Å²) in [5.74, 6) is 0.0123. The van der Waals surface area contributed by atoms with Crippen molar-refractivity contribution >= 4 is 17.3 Å². The number of amides is 1. The van der Waals surface area contributed by atoms with Crippen LogP contribution in [0, 0.1) is 0 Å². The molecule has 0 bridgehead atoms. The predicted molar refractivity (Wildman–Crippen MR) is 90.1 cm³/mol. The molecule has 1 aromatic heterocycles. The van der Waals surface area contributed by atoms with E-state index in [0.717, 1.165) is 17.7 Å². The number of nitrogens with zero attached hydrogens (tertiary/aromatic N) is 1. The molecule has 0 radical (unpaired) electrons. The summed E-state index contributed by atoms with van der Waals surface area (Å²) < 4.78 is 5.38. The summed E-state index contributed by atoms with van der Waals surface area (Å²) in [4.78, 5) is 16.5. The fraction of sp³-hybridized carbons (Fsp3) is 0.111. The van der Waals surface area contributed by atoms with Crippen LogP contribution >= 0.6 is 0 Å². The summed E-state index contributed by atoms with van der Waals surface area (Å²) in [5, 5.41) is 2.82. The Hall–Kier alpha value is -3.08. The van der Waals surface area contributed by atoms with Gasteiger partial charge in [-0.15, -0.1) is 0 Å². The van der Waals surface area contributed by atoms with Gasteiger partial charge in [0.2, 0.25) is 5.89 Å². The number of rotatable bonds is 4. The highest BCUT2D eigenvalue weighted by molar-refractivity contribution is 6.03. The van der Waals surface area contributed by atoms with E-state index in [-0.39, 0.29) is 11.6 Å². The Balaban J connectivity index is 1.80. The Bertz CT molecular complexity index is 840. The minimum atomic E-state index is -0.317. The molecule has 3 rings (SSSR count). The van der Waals surface area contributed by atoms with Crippen LogP contribution in [-0.2, 0) is 6.42 Å². The first-order valence-corrected chi connectivity index (χ1v) is 7.38. The van der Waals surface area contributed by atoms with Crippen molar-refractivity contribution in [1.29, 1.82) is 0 Å². The molecule has 0 aliphatic carbocycles. The maximum atomic E-state index is 12.3. The number of nitrogens with one attached hydrogen (secondary N) is 1. The molecular formula is C18H17N3O2. The summed E-state index contributed by atoms with van der Waals surface area (Å²) >= 11 is 0. The zero-order chi connectivity index (χ0) is 16.2. The van der Waals surface area contributed by atoms with E-state index in [2.05, 4.69) is 17.2 Å². The zero-order valence-electron chi connectivity index (χ0n) is 12.7. The molecule has 0 spiro atoms. The standard InChI is InChI=1S/C18H17N3O2/c1-2-12-6-5-7-13(10-12)20-17(22)16-11-23-18(21-16)14-8-3-4-9-15(14)19/h3-11H,2,19H2,1H3,(H,20,22). The monoisotopic (exact) mass is 307 g/mol. The third kappa shape index (κ3) is 3.23. The van der Waals surface area contributed by atoms with E-state index in [0.29, 0.717) is 17.1 Å². The average molecular weight is 307 g/mol. The van der Waals surface area contributed by atoms with Gasteiger partial charge < -0.3 is 15.5 Å². The van der Waals surface area contributed by atoms with E-state index >= 15 is 0 Å². The number of anilines is 2. The molecule has 0 atom stereocenters. The number of nitrogen functional groups attached to an aromatic ring is 1. The number of oxazole rings is 1. The molecule has 1 heterocycles. The van der Waals surface area contributed by atoms with Gasteiger partial charge in [-0.3, -0.25) is 4.79 Å². The van der Waals surface area contributed by atoms with Crippen LogP contribution in [0.5, 0.6) is 0 Å². The van der Waals surface area contributed by atoms with Crippen molar-refractivity contribution in [3.63, 3.8) is 0 Å². The highest BCUT2D eigenvalue weighted by Crippen LogP contribution is 2.24. The van der Waals surface area contributed by atoms with Crippen LogP contribution in [0.4, 0.5) is 11.4 Å². The summed E-state index contributed by atoms with van der Waals surface area (Å²) in [6.45, 7) is 2.06. The zero-order valence-corrected chi connectivity index (χ0v) is 12.7. The molecule has 2 aromatic carbocycles. The fourth-order valence-corrected chi connectivity index (χ4v) is 2.26. The number of aryl methyl sites for hydroxylation is 1. The van der Waals surface area contributed by atoms with Gasteiger partial charge in [-0.2, -0.15) is 0 Å². The van der Waals surface area contributed by atoms with Gasteiger partial charge >= 0.3 is 0 Å². The Kier molecular flexibility index (Phi) is 4.10. The lowest BCUT2D eigenvalue weighted by Crippen LogP contribution is -2.12. The molecule has 0 saturated heterocycles. The molecule has 3 aromatic rings. The second-order valence-corrected chi connectivity index (χ2v) is 5.13. The molecule has 5 nitrogen and oxygen atoms in total. The first-order chi connectivity index (χ1) is 11.2. The van der Waals surface area contributed by atoms with Gasteiger partial charge in [0, 0.05) is 11.4 Å². The van der Waals surface area contributed by atoms with Crippen molar-refractivity contribution in [3.05, 3.63) is 66.1 Å². The molecule has 5 heteroatoms. The van der Waals surface area contributed by atoms with Crippen LogP contribution in [0.2, 0.25) is 0 Å². The van der Waals surface area contributed by atoms with E-state index in [1.165, 1.54) is 6.26 Å². The van der Waals surface area contributed by atoms with Gasteiger partial charge in [0.25, 0.3) is 5.91 Å². The highest BCUT2D eigenvalue weighted by Gasteiger charge is 2.15. The van der Waals surface area contributed by atoms with Gasteiger partial charge in [-0.05, 0) is 36.2 Å². The smallest absolute Gasteiger partial charge is 0.277 e. The van der Waals surface area contributed by atoms with E-state index in [9.17, 15) is 4.79 Å². The number of para-hydroxylation sites is 1. The molecule has 0 unspecified atom stereocenters. The number of hydrogen-bond donors (Lipinski definition) is 2. The Labute approximate surface area is 134 Å². The maximum Gasteiger partial charge on any atom is 0.277 e. The van der Waals surface area contributed by atoms with E-state index in [4.69, 9.17) is 10.2 Å². The number of carbonyl (C=O) groups excluding carboxylic acids is 1. The minimum absolute atomic E-state index is 0.213. The lowest BCUT2D eigenvalue weighted by Gasteiger charge is -2.04. The molecule has 3 N–H and O–H groups in total. The Morgan fingerprint density at radius 1 is 1.22 bits per heavy atom. The Morgan fingerprint density at radius 3 is 2.83 bits per heavy atom. The Morgan fingerprint density at radius 2 is 2.04 bits per heavy atom. The third-order valence-electron chi connectivity index (χ3n) is 3.52. The lowest BCUT2D eigenvalue weighted by atomic mass is 10.1. The van der Waals surface area contributed by atoms with Gasteiger partial charge in [-0.1, -0.05) is 31.2 Å². The second-order valence-electron chi connectivity index (χ2n) is 5.13. The quantitative estimate of drug-likeness (QED) is 0.719. The van der Waals surface area contributed by atoms with Gasteiger partial charge in [0.05, 0.1) is 5.56 Å². The first kappa shape index (κ1) is 14.8. The number of benzene rings is 2. The molecule has 0 saturated carbocycles. The summed E-state index contributed by atoms with van der Waals surface area (Å²) in [7, 11) is 0. The molecule has 23 heavy (non-hydrogen) atoms. The maximum absolute atomic E-state index is 12.3. The van der Waals surface area contributed by atoms with Crippen molar-refractivity contribution < 1.29 is 9.21 Å². The minimum Gasteiger partial charge on any atom is -0.444 e. The van der Waals surface area contributed by atoms with Gasteiger partial charge in [0.15, 0.2) is 5.69 Å². The lowest BCUT2D eigenvalue weighted by molar-refractivity contribution is 0.102. The summed E-state index contributed by atoms with van der Waals surface area (Å²) in [6, 6.07) is 14.9. The van der Waals surface area contributed by atoms with Crippen LogP contribution in [0.3, 0.4) is 0 Å². The van der Waals surface area contributed by atoms with Gasteiger partial charge in [-0.25, -0.2) is 4.98 Å². The van der Waals surface area contributed by atoms with Crippen molar-refractivity contribution in [3.8, 4) is 11.5 Å². The molecule has 116 valence electrons. The molecule has 0 fully saturated rings. The molecule has 1 amide bonds. The molecular weight excluding hydrogens is 290 g/mol. The SMILES string of the molecule is CCc1cccc(NC(=O)c2coc(-c3ccccc3N)n2)c1. The highest BCUT2D eigenvalue weighted by atomic mass is 16.3. The fourth-order valence-electron chi connectivity index (χ4n) is 2.26. The largest absolute Gasteiger partial charge is 0.444 e. The normalized spacial score (nSPS) is 10.5. The second kappa shape index (κ2) is 6.36. The topological polar surface area (TPSA) is 81.2 Å². The summed E-state index contributed by atoms with van der Waals surface area (Å²) in [6.07, 6.45) is 2.24. The van der Waals surface area contributed by atoms with Crippen LogP contribution in [0.25, 0.3) is 11.5 Å². The average Bonchev–Trinajstić information content (AvgIpc) is 3.05. The van der Waals surface area contributed by atoms with Crippen LogP contribution in [-0.4, -0.2) is 10.9 Å². The number of carbonyl (C=O) groups is 1. The van der Waals surface area contributed by atoms with Crippen molar-refractivity contribution in [2.24, 2.45) is 0 Å². The van der Waals surface area contributed by atoms with E-state index < -0.39 is 0 Å². The van der Waals surface area contributed by atoms with Gasteiger partial charge in [0.1, 0.15) is 6.26 Å². The first-order valence-electron chi connectivity index (χ1n) is 7.38. The van der Waals surface area contributed by atoms with Crippen LogP contribution in [0.1, 0.15) is 23.0 Å². The summed E-state index contributed by atoms with van der Waals surface area (Å²) in [5.41, 5.74) is 9.21. The number of aromatic nitrogens is 1. The van der Waals surface area contributed by atoms with Crippen molar-refractivity contribution in [1.82, 2.24) is 4.98 Å².